The summed E-state index contributed by atoms with van der Waals surface area (Å²) < 4.78 is 28.5. The Bertz CT molecular complexity index is 512. The monoisotopic (exact) mass is 361 g/mol. The Morgan fingerprint density at radius 3 is 2.58 bits per heavy atom. The van der Waals surface area contributed by atoms with Crippen LogP contribution in [0.4, 0.5) is 0 Å². The van der Waals surface area contributed by atoms with Crippen molar-refractivity contribution in [3.05, 3.63) is 0 Å². The summed E-state index contributed by atoms with van der Waals surface area (Å²) in [5.41, 5.74) is 0.118. The first-order chi connectivity index (χ1) is 11.0. The van der Waals surface area contributed by atoms with Gasteiger partial charge in [0.2, 0.25) is 0 Å². The minimum absolute atomic E-state index is 0.0481. The maximum absolute atomic E-state index is 11.3. The minimum atomic E-state index is -2.93. The number of nitrogens with zero attached hydrogens (tertiary/aromatic N) is 1. The fourth-order valence-electron chi connectivity index (χ4n) is 3.13. The van der Waals surface area contributed by atoms with Crippen molar-refractivity contribution < 1.29 is 13.2 Å². The lowest BCUT2D eigenvalue weighted by molar-refractivity contribution is -0.0835. The molecule has 1 heterocycles. The molecule has 0 aromatic carbocycles. The molecule has 3 unspecified atom stereocenters. The molecule has 0 aromatic heterocycles. The third-order valence-electron chi connectivity index (χ3n) is 4.36. The smallest absolute Gasteiger partial charge is 0.191 e. The maximum atomic E-state index is 11.3. The Labute approximate surface area is 147 Å². The highest BCUT2D eigenvalue weighted by Gasteiger charge is 2.35. The van der Waals surface area contributed by atoms with Gasteiger partial charge in [-0.05, 0) is 31.6 Å². The summed E-state index contributed by atoms with van der Waals surface area (Å²) in [7, 11) is -1.20. The van der Waals surface area contributed by atoms with Gasteiger partial charge in [-0.15, -0.1) is 0 Å². The number of hydrogen-bond donors (Lipinski definition) is 2. The molecule has 7 heteroatoms. The van der Waals surface area contributed by atoms with E-state index >= 15 is 0 Å². The van der Waals surface area contributed by atoms with Crippen molar-refractivity contribution in [2.45, 2.75) is 59.1 Å². The molecule has 1 saturated heterocycles. The summed E-state index contributed by atoms with van der Waals surface area (Å²) in [6, 6.07) is 0.0481. The lowest BCUT2D eigenvalue weighted by Gasteiger charge is -2.40. The second-order valence-corrected chi connectivity index (χ2v) is 10.2. The van der Waals surface area contributed by atoms with Crippen LogP contribution in [-0.2, 0) is 14.6 Å². The van der Waals surface area contributed by atoms with Crippen molar-refractivity contribution >= 4 is 15.8 Å². The Balaban J connectivity index is 2.50. The van der Waals surface area contributed by atoms with E-state index in [-0.39, 0.29) is 23.3 Å². The van der Waals surface area contributed by atoms with E-state index in [1.807, 2.05) is 6.92 Å². The molecule has 0 amide bonds. The van der Waals surface area contributed by atoms with Gasteiger partial charge >= 0.3 is 0 Å². The number of nitrogens with one attached hydrogen (secondary N) is 2. The summed E-state index contributed by atoms with van der Waals surface area (Å²) in [5.74, 6) is 1.35. The lowest BCUT2D eigenvalue weighted by atomic mass is 9.78. The summed E-state index contributed by atoms with van der Waals surface area (Å²) in [4.78, 5) is 4.25. The van der Waals surface area contributed by atoms with Crippen molar-refractivity contribution in [1.29, 1.82) is 0 Å². The van der Waals surface area contributed by atoms with Crippen LogP contribution < -0.4 is 10.6 Å². The topological polar surface area (TPSA) is 79.8 Å². The number of ether oxygens (including phenoxy) is 1. The van der Waals surface area contributed by atoms with Gasteiger partial charge in [-0.1, -0.05) is 20.8 Å². The molecule has 1 fully saturated rings. The summed E-state index contributed by atoms with van der Waals surface area (Å²) in [6.45, 7) is 10.3. The van der Waals surface area contributed by atoms with Gasteiger partial charge in [-0.25, -0.2) is 8.42 Å². The molecule has 0 bridgehead atoms. The molecule has 0 aromatic rings. The van der Waals surface area contributed by atoms with Crippen LogP contribution >= 0.6 is 0 Å². The van der Waals surface area contributed by atoms with Gasteiger partial charge in [-0.3, -0.25) is 4.99 Å². The van der Waals surface area contributed by atoms with E-state index in [9.17, 15) is 8.42 Å². The quantitative estimate of drug-likeness (QED) is 0.557. The largest absolute Gasteiger partial charge is 0.377 e. The van der Waals surface area contributed by atoms with Gasteiger partial charge < -0.3 is 15.4 Å². The predicted octanol–water partition coefficient (Wildman–Crippen LogP) is 1.82. The van der Waals surface area contributed by atoms with Crippen LogP contribution in [0.5, 0.6) is 0 Å². The van der Waals surface area contributed by atoms with Crippen molar-refractivity contribution in [3.63, 3.8) is 0 Å². The van der Waals surface area contributed by atoms with Crippen molar-refractivity contribution in [1.82, 2.24) is 10.6 Å². The van der Waals surface area contributed by atoms with Gasteiger partial charge in [0.15, 0.2) is 5.96 Å². The zero-order chi connectivity index (χ0) is 18.4. The van der Waals surface area contributed by atoms with Crippen molar-refractivity contribution in [2.75, 3.05) is 32.2 Å². The zero-order valence-electron chi connectivity index (χ0n) is 16.1. The van der Waals surface area contributed by atoms with Crippen LogP contribution in [0.25, 0.3) is 0 Å². The van der Waals surface area contributed by atoms with Crippen molar-refractivity contribution in [2.24, 2.45) is 16.3 Å². The van der Waals surface area contributed by atoms with Crippen LogP contribution in [0.3, 0.4) is 0 Å². The molecule has 6 nitrogen and oxygen atoms in total. The molecule has 24 heavy (non-hydrogen) atoms. The average molecular weight is 362 g/mol. The van der Waals surface area contributed by atoms with E-state index in [1.165, 1.54) is 6.26 Å². The highest BCUT2D eigenvalue weighted by Crippen LogP contribution is 2.33. The molecule has 2 N–H and O–H groups in total. The van der Waals surface area contributed by atoms with E-state index in [2.05, 4.69) is 36.4 Å². The Morgan fingerprint density at radius 2 is 2.04 bits per heavy atom. The average Bonchev–Trinajstić information content (AvgIpc) is 2.48. The third kappa shape index (κ3) is 7.83. The van der Waals surface area contributed by atoms with Gasteiger partial charge in [0.1, 0.15) is 9.84 Å². The standard InChI is InChI=1S/C17H35N3O3S/c1-13(9-11-24(6,21)22)20-16(18-5)19-12-14-8-7-10-23-15(14)17(2,3)4/h13-15H,7-12H2,1-6H3,(H2,18,19,20). The van der Waals surface area contributed by atoms with Crippen LogP contribution in [0.2, 0.25) is 0 Å². The van der Waals surface area contributed by atoms with E-state index in [0.29, 0.717) is 18.3 Å². The molecule has 0 aliphatic carbocycles. The maximum Gasteiger partial charge on any atom is 0.191 e. The van der Waals surface area contributed by atoms with Crippen LogP contribution in [-0.4, -0.2) is 58.7 Å². The van der Waals surface area contributed by atoms with Gasteiger partial charge in [0, 0.05) is 38.4 Å². The Hall–Kier alpha value is -0.820. The SMILES string of the molecule is CN=C(NCC1CCCOC1C(C)(C)C)NC(C)CCS(C)(=O)=O. The molecular formula is C17H35N3O3S. The number of hydrogen-bond acceptors (Lipinski definition) is 4. The van der Waals surface area contributed by atoms with Crippen LogP contribution in [0, 0.1) is 11.3 Å². The highest BCUT2D eigenvalue weighted by molar-refractivity contribution is 7.90. The minimum Gasteiger partial charge on any atom is -0.377 e. The first-order valence-corrected chi connectivity index (χ1v) is 10.9. The Morgan fingerprint density at radius 1 is 1.38 bits per heavy atom. The first-order valence-electron chi connectivity index (χ1n) is 8.79. The molecule has 0 saturated carbocycles. The molecule has 0 radical (unpaired) electrons. The summed E-state index contributed by atoms with van der Waals surface area (Å²) >= 11 is 0. The van der Waals surface area contributed by atoms with Crippen molar-refractivity contribution in [3.8, 4) is 0 Å². The number of guanidine groups is 1. The first kappa shape index (κ1) is 21.2. The second-order valence-electron chi connectivity index (χ2n) is 7.98. The zero-order valence-corrected chi connectivity index (χ0v) is 16.9. The van der Waals surface area contributed by atoms with Gasteiger partial charge in [0.05, 0.1) is 11.9 Å². The Kier molecular flexibility index (Phi) is 7.99. The molecule has 3 atom stereocenters. The fraction of sp³-hybridized carbons (Fsp3) is 0.941. The van der Waals surface area contributed by atoms with E-state index in [1.54, 1.807) is 7.05 Å². The molecule has 1 rings (SSSR count). The normalized spacial score (nSPS) is 24.5. The van der Waals surface area contributed by atoms with E-state index in [0.717, 1.165) is 26.0 Å². The number of aliphatic imine (C=N–C) groups is 1. The number of rotatable bonds is 6. The van der Waals surface area contributed by atoms with Gasteiger partial charge in [-0.2, -0.15) is 0 Å². The third-order valence-corrected chi connectivity index (χ3v) is 5.34. The number of sulfone groups is 1. The van der Waals surface area contributed by atoms with E-state index < -0.39 is 9.84 Å². The fourth-order valence-corrected chi connectivity index (χ4v) is 3.91. The molecule has 0 spiro atoms. The van der Waals surface area contributed by atoms with Gasteiger partial charge in [0.25, 0.3) is 0 Å². The van der Waals surface area contributed by atoms with Crippen LogP contribution in [0.1, 0.15) is 47.0 Å². The predicted molar refractivity (Wildman–Crippen MR) is 100 cm³/mol. The highest BCUT2D eigenvalue weighted by atomic mass is 32.2. The molecular weight excluding hydrogens is 326 g/mol. The molecule has 142 valence electrons. The van der Waals surface area contributed by atoms with Crippen LogP contribution in [0.15, 0.2) is 4.99 Å². The lowest BCUT2D eigenvalue weighted by Crippen LogP contribution is -2.49. The van der Waals surface area contributed by atoms with E-state index in [4.69, 9.17) is 4.74 Å². The second kappa shape index (κ2) is 9.04. The summed E-state index contributed by atoms with van der Waals surface area (Å²) in [5, 5.41) is 6.64. The molecule has 1 aliphatic rings. The molecule has 1 aliphatic heterocycles. The summed E-state index contributed by atoms with van der Waals surface area (Å²) in [6.07, 6.45) is 4.31.